The highest BCUT2D eigenvalue weighted by Crippen LogP contribution is 2.21. The number of piperidine rings is 1. The van der Waals surface area contributed by atoms with E-state index in [9.17, 15) is 4.79 Å². The molecular weight excluding hydrogens is 404 g/mol. The number of aromatic nitrogens is 1. The largest absolute Gasteiger partial charge is 0.371 e. The summed E-state index contributed by atoms with van der Waals surface area (Å²) in [5.74, 6) is -0.0574. The van der Waals surface area contributed by atoms with Crippen LogP contribution in [-0.2, 0) is 13.0 Å². The molecule has 4 rings (SSSR count). The highest BCUT2D eigenvalue weighted by molar-refractivity contribution is 7.09. The van der Waals surface area contributed by atoms with E-state index in [2.05, 4.69) is 57.1 Å². The molecule has 31 heavy (non-hydrogen) atoms. The van der Waals surface area contributed by atoms with Crippen LogP contribution in [0, 0.1) is 0 Å². The van der Waals surface area contributed by atoms with Gasteiger partial charge in [0, 0.05) is 60.2 Å². The topological polar surface area (TPSA) is 57.3 Å². The van der Waals surface area contributed by atoms with Crippen molar-refractivity contribution in [3.8, 4) is 0 Å². The highest BCUT2D eigenvalue weighted by atomic mass is 32.1. The van der Waals surface area contributed by atoms with Gasteiger partial charge in [-0.3, -0.25) is 9.78 Å². The molecule has 0 aliphatic carbocycles. The fourth-order valence-electron chi connectivity index (χ4n) is 4.11. The van der Waals surface area contributed by atoms with E-state index in [0.717, 1.165) is 37.9 Å². The molecule has 5 nitrogen and oxygen atoms in total. The van der Waals surface area contributed by atoms with Gasteiger partial charge in [0.2, 0.25) is 0 Å². The number of nitrogens with zero attached hydrogens (tertiary/aromatic N) is 2. The van der Waals surface area contributed by atoms with Crippen molar-refractivity contribution in [3.05, 3.63) is 82.3 Å². The summed E-state index contributed by atoms with van der Waals surface area (Å²) >= 11 is 1.84. The highest BCUT2D eigenvalue weighted by Gasteiger charge is 2.21. The van der Waals surface area contributed by atoms with Gasteiger partial charge in [-0.25, -0.2) is 0 Å². The number of hydrogen-bond donors (Lipinski definition) is 2. The number of nitrogens with one attached hydrogen (secondary N) is 2. The molecule has 0 saturated carbocycles. The van der Waals surface area contributed by atoms with Crippen LogP contribution in [0.5, 0.6) is 0 Å². The van der Waals surface area contributed by atoms with E-state index in [-0.39, 0.29) is 5.91 Å². The zero-order valence-corrected chi connectivity index (χ0v) is 18.8. The summed E-state index contributed by atoms with van der Waals surface area (Å²) in [6.45, 7) is 4.84. The summed E-state index contributed by atoms with van der Waals surface area (Å²) in [4.78, 5) is 20.3. The molecule has 1 atom stereocenters. The van der Waals surface area contributed by atoms with Gasteiger partial charge in [-0.1, -0.05) is 12.1 Å². The van der Waals surface area contributed by atoms with Gasteiger partial charge >= 0.3 is 0 Å². The minimum absolute atomic E-state index is 0.0574. The zero-order valence-electron chi connectivity index (χ0n) is 18.0. The summed E-state index contributed by atoms with van der Waals surface area (Å²) in [6, 6.07) is 17.2. The Hall–Kier alpha value is -2.70. The molecule has 3 aromatic rings. The van der Waals surface area contributed by atoms with E-state index in [1.165, 1.54) is 10.6 Å². The third-order valence-corrected chi connectivity index (χ3v) is 6.67. The van der Waals surface area contributed by atoms with Crippen molar-refractivity contribution in [1.82, 2.24) is 15.6 Å². The van der Waals surface area contributed by atoms with Crippen LogP contribution in [-0.4, -0.2) is 36.1 Å². The Morgan fingerprint density at radius 1 is 1.16 bits per heavy atom. The van der Waals surface area contributed by atoms with Gasteiger partial charge in [-0.2, -0.15) is 0 Å². The molecule has 1 fully saturated rings. The maximum absolute atomic E-state index is 12.4. The third kappa shape index (κ3) is 6.15. The molecule has 0 radical (unpaired) electrons. The molecule has 1 aromatic carbocycles. The summed E-state index contributed by atoms with van der Waals surface area (Å²) < 4.78 is 0. The molecule has 1 aliphatic rings. The first-order valence-electron chi connectivity index (χ1n) is 11.0. The number of benzene rings is 1. The van der Waals surface area contributed by atoms with Gasteiger partial charge in [0.25, 0.3) is 5.91 Å². The number of thiophene rings is 1. The molecule has 162 valence electrons. The van der Waals surface area contributed by atoms with Gasteiger partial charge in [0.05, 0.1) is 0 Å². The lowest BCUT2D eigenvalue weighted by Gasteiger charge is -2.35. The van der Waals surface area contributed by atoms with Crippen LogP contribution in [0.1, 0.15) is 40.6 Å². The zero-order chi connectivity index (χ0) is 21.5. The first-order chi connectivity index (χ1) is 15.2. The van der Waals surface area contributed by atoms with Crippen LogP contribution in [0.4, 0.5) is 5.69 Å². The van der Waals surface area contributed by atoms with Crippen LogP contribution in [0.25, 0.3) is 0 Å². The van der Waals surface area contributed by atoms with Crippen LogP contribution in [0.2, 0.25) is 0 Å². The summed E-state index contributed by atoms with van der Waals surface area (Å²) in [7, 11) is 0. The van der Waals surface area contributed by atoms with E-state index in [0.29, 0.717) is 24.2 Å². The van der Waals surface area contributed by atoms with Crippen molar-refractivity contribution in [3.63, 3.8) is 0 Å². The maximum Gasteiger partial charge on any atom is 0.251 e. The summed E-state index contributed by atoms with van der Waals surface area (Å²) in [6.07, 6.45) is 6.88. The fraction of sp³-hybridized carbons (Fsp3) is 0.360. The molecular formula is C25H30N4OS. The van der Waals surface area contributed by atoms with Crippen LogP contribution >= 0.6 is 11.3 Å². The van der Waals surface area contributed by atoms with Gasteiger partial charge in [-0.15, -0.1) is 11.3 Å². The average molecular weight is 435 g/mol. The van der Waals surface area contributed by atoms with Crippen LogP contribution in [0.15, 0.2) is 66.3 Å². The van der Waals surface area contributed by atoms with Crippen molar-refractivity contribution in [1.29, 1.82) is 0 Å². The van der Waals surface area contributed by atoms with Crippen molar-refractivity contribution >= 4 is 22.9 Å². The molecule has 1 aliphatic heterocycles. The standard InChI is InChI=1S/C25H30N4OS/c1-19(16-24-5-3-15-31-24)28-22-10-13-29(14-11-22)23-8-6-21(7-9-23)25(30)27-18-20-4-2-12-26-17-20/h2-9,12,15,17,19,22,28H,10-11,13-14,16,18H2,1H3,(H,27,30). The molecule has 2 N–H and O–H groups in total. The monoisotopic (exact) mass is 434 g/mol. The van der Waals surface area contributed by atoms with E-state index >= 15 is 0 Å². The first kappa shape index (κ1) is 21.5. The van der Waals surface area contributed by atoms with Gasteiger partial charge in [0.15, 0.2) is 0 Å². The Labute approximate surface area is 188 Å². The van der Waals surface area contributed by atoms with Crippen molar-refractivity contribution in [2.45, 2.75) is 44.8 Å². The van der Waals surface area contributed by atoms with Gasteiger partial charge in [-0.05, 0) is 73.5 Å². The smallest absolute Gasteiger partial charge is 0.251 e. The van der Waals surface area contributed by atoms with Crippen molar-refractivity contribution in [2.24, 2.45) is 0 Å². The second kappa shape index (κ2) is 10.6. The number of anilines is 1. The predicted octanol–water partition coefficient (Wildman–Crippen LogP) is 4.26. The molecule has 2 aromatic heterocycles. The molecule has 1 amide bonds. The van der Waals surface area contributed by atoms with Gasteiger partial charge < -0.3 is 15.5 Å². The summed E-state index contributed by atoms with van der Waals surface area (Å²) in [5, 5.41) is 8.91. The Kier molecular flexibility index (Phi) is 7.33. The molecule has 1 unspecified atom stereocenters. The number of amides is 1. The molecule has 1 saturated heterocycles. The van der Waals surface area contributed by atoms with Crippen LogP contribution in [0.3, 0.4) is 0 Å². The maximum atomic E-state index is 12.4. The van der Waals surface area contributed by atoms with Gasteiger partial charge in [0.1, 0.15) is 0 Å². The number of rotatable bonds is 8. The summed E-state index contributed by atoms with van der Waals surface area (Å²) in [5.41, 5.74) is 2.87. The second-order valence-electron chi connectivity index (χ2n) is 8.20. The lowest BCUT2D eigenvalue weighted by Crippen LogP contribution is -2.46. The lowest BCUT2D eigenvalue weighted by atomic mass is 10.0. The quantitative estimate of drug-likeness (QED) is 0.556. The SMILES string of the molecule is CC(Cc1cccs1)NC1CCN(c2ccc(C(=O)NCc3cccnc3)cc2)CC1. The lowest BCUT2D eigenvalue weighted by molar-refractivity contribution is 0.0951. The Morgan fingerprint density at radius 2 is 1.97 bits per heavy atom. The second-order valence-corrected chi connectivity index (χ2v) is 9.24. The van der Waals surface area contributed by atoms with E-state index < -0.39 is 0 Å². The predicted molar refractivity (Wildman–Crippen MR) is 128 cm³/mol. The minimum atomic E-state index is -0.0574. The van der Waals surface area contributed by atoms with Crippen molar-refractivity contribution in [2.75, 3.05) is 18.0 Å². The van der Waals surface area contributed by atoms with E-state index in [1.807, 2.05) is 35.6 Å². The normalized spacial score (nSPS) is 15.6. The molecule has 0 spiro atoms. The first-order valence-corrected chi connectivity index (χ1v) is 11.9. The van der Waals surface area contributed by atoms with E-state index in [1.54, 1.807) is 12.4 Å². The van der Waals surface area contributed by atoms with Crippen LogP contribution < -0.4 is 15.5 Å². The van der Waals surface area contributed by atoms with Crippen molar-refractivity contribution < 1.29 is 4.79 Å². The number of pyridine rings is 1. The molecule has 6 heteroatoms. The average Bonchev–Trinajstić information content (AvgIpc) is 3.32. The Balaban J connectivity index is 1.23. The number of carbonyl (C=O) groups excluding carboxylic acids is 1. The Bertz CT molecular complexity index is 935. The number of hydrogen-bond acceptors (Lipinski definition) is 5. The molecule has 3 heterocycles. The number of carbonyl (C=O) groups is 1. The molecule has 0 bridgehead atoms. The minimum Gasteiger partial charge on any atom is -0.371 e. The fourth-order valence-corrected chi connectivity index (χ4v) is 4.94. The third-order valence-electron chi connectivity index (χ3n) is 5.77. The Morgan fingerprint density at radius 3 is 2.65 bits per heavy atom. The van der Waals surface area contributed by atoms with E-state index in [4.69, 9.17) is 0 Å².